The lowest BCUT2D eigenvalue weighted by Crippen LogP contribution is -2.49. The van der Waals surface area contributed by atoms with E-state index in [1.165, 1.54) is 12.1 Å². The molecule has 0 unspecified atom stereocenters. The van der Waals surface area contributed by atoms with Gasteiger partial charge >= 0.3 is 0 Å². The fourth-order valence-corrected chi connectivity index (χ4v) is 3.61. The predicted octanol–water partition coefficient (Wildman–Crippen LogP) is 4.64. The lowest BCUT2D eigenvalue weighted by atomic mass is 10.1. The summed E-state index contributed by atoms with van der Waals surface area (Å²) >= 11 is 1.61. The summed E-state index contributed by atoms with van der Waals surface area (Å²) in [7, 11) is 0. The minimum Gasteiger partial charge on any atom is -0.352 e. The lowest BCUT2D eigenvalue weighted by molar-refractivity contribution is -0.140. The van der Waals surface area contributed by atoms with Crippen LogP contribution >= 0.6 is 11.8 Å². The average Bonchev–Trinajstić information content (AvgIpc) is 2.73. The van der Waals surface area contributed by atoms with Crippen LogP contribution < -0.4 is 5.32 Å². The molecule has 29 heavy (non-hydrogen) atoms. The fraction of sp³-hybridized carbons (Fsp3) is 0.391. The van der Waals surface area contributed by atoms with Gasteiger partial charge in [0.15, 0.2) is 0 Å². The van der Waals surface area contributed by atoms with Gasteiger partial charge in [-0.05, 0) is 50.1 Å². The number of rotatable bonds is 10. The van der Waals surface area contributed by atoms with Crippen LogP contribution in [-0.4, -0.2) is 34.6 Å². The molecule has 0 aromatic heterocycles. The van der Waals surface area contributed by atoms with Crippen molar-refractivity contribution in [1.82, 2.24) is 10.2 Å². The summed E-state index contributed by atoms with van der Waals surface area (Å²) in [4.78, 5) is 28.3. The van der Waals surface area contributed by atoms with Gasteiger partial charge < -0.3 is 10.2 Å². The first kappa shape index (κ1) is 22.9. The van der Waals surface area contributed by atoms with Gasteiger partial charge in [0.05, 0.1) is 0 Å². The molecule has 6 heteroatoms. The Morgan fingerprint density at radius 1 is 1.07 bits per heavy atom. The van der Waals surface area contributed by atoms with Gasteiger partial charge in [0.1, 0.15) is 11.9 Å². The molecule has 0 spiro atoms. The summed E-state index contributed by atoms with van der Waals surface area (Å²) in [6.45, 7) is 5.94. The van der Waals surface area contributed by atoms with Crippen molar-refractivity contribution in [3.8, 4) is 0 Å². The maximum absolute atomic E-state index is 13.2. The number of hydrogen-bond donors (Lipinski definition) is 1. The summed E-state index contributed by atoms with van der Waals surface area (Å²) in [6.07, 6.45) is 1.14. The van der Waals surface area contributed by atoms with Crippen LogP contribution in [0.1, 0.15) is 39.2 Å². The number of nitrogens with zero attached hydrogens (tertiary/aromatic N) is 1. The van der Waals surface area contributed by atoms with E-state index in [2.05, 4.69) is 5.32 Å². The molecule has 2 aromatic rings. The Balaban J connectivity index is 2.06. The molecule has 4 nitrogen and oxygen atoms in total. The van der Waals surface area contributed by atoms with E-state index in [-0.39, 0.29) is 30.2 Å². The number of carbonyl (C=O) groups excluding carboxylic acids is 2. The highest BCUT2D eigenvalue weighted by Gasteiger charge is 2.26. The Bertz CT molecular complexity index is 783. The zero-order chi connectivity index (χ0) is 21.2. The molecular weight excluding hydrogens is 387 g/mol. The molecule has 0 saturated heterocycles. The third kappa shape index (κ3) is 7.54. The SMILES string of the molecule is CC[C@H](C)NC(=O)[C@H](C)N(Cc1ccc(F)cc1)C(=O)CCSc1ccccc1. The van der Waals surface area contributed by atoms with Gasteiger partial charge in [-0.15, -0.1) is 11.8 Å². The number of hydrogen-bond acceptors (Lipinski definition) is 3. The lowest BCUT2D eigenvalue weighted by Gasteiger charge is -2.29. The topological polar surface area (TPSA) is 49.4 Å². The quantitative estimate of drug-likeness (QED) is 0.574. The van der Waals surface area contributed by atoms with E-state index in [0.717, 1.165) is 16.9 Å². The highest BCUT2D eigenvalue weighted by atomic mass is 32.2. The summed E-state index contributed by atoms with van der Waals surface area (Å²) in [5.41, 5.74) is 0.790. The van der Waals surface area contributed by atoms with Gasteiger partial charge in [-0.3, -0.25) is 9.59 Å². The van der Waals surface area contributed by atoms with Crippen LogP contribution in [0, 0.1) is 5.82 Å². The molecule has 0 bridgehead atoms. The smallest absolute Gasteiger partial charge is 0.242 e. The molecule has 0 aliphatic heterocycles. The van der Waals surface area contributed by atoms with Crippen molar-refractivity contribution in [3.63, 3.8) is 0 Å². The maximum Gasteiger partial charge on any atom is 0.242 e. The van der Waals surface area contributed by atoms with Crippen molar-refractivity contribution in [2.45, 2.75) is 57.1 Å². The van der Waals surface area contributed by atoms with E-state index < -0.39 is 6.04 Å². The maximum atomic E-state index is 13.2. The standard InChI is InChI=1S/C23H29FN2O2S/c1-4-17(2)25-23(28)18(3)26(16-19-10-12-20(24)13-11-19)22(27)14-15-29-21-8-6-5-7-9-21/h5-13,17-18H,4,14-16H2,1-3H3,(H,25,28)/t17-,18-/m0/s1. The van der Waals surface area contributed by atoms with Gasteiger partial charge in [-0.1, -0.05) is 37.3 Å². The molecular formula is C23H29FN2O2S. The Morgan fingerprint density at radius 3 is 2.34 bits per heavy atom. The van der Waals surface area contributed by atoms with Crippen molar-refractivity contribution in [2.24, 2.45) is 0 Å². The van der Waals surface area contributed by atoms with Crippen LogP contribution in [-0.2, 0) is 16.1 Å². The zero-order valence-electron chi connectivity index (χ0n) is 17.2. The summed E-state index contributed by atoms with van der Waals surface area (Å²) in [5.74, 6) is 0.0335. The van der Waals surface area contributed by atoms with Crippen molar-refractivity contribution >= 4 is 23.6 Å². The first-order chi connectivity index (χ1) is 13.9. The molecule has 0 aliphatic carbocycles. The molecule has 156 valence electrons. The summed E-state index contributed by atoms with van der Waals surface area (Å²) in [5, 5.41) is 2.94. The van der Waals surface area contributed by atoms with E-state index in [1.807, 2.05) is 44.2 Å². The number of amides is 2. The number of halogens is 1. The Labute approximate surface area is 176 Å². The van der Waals surface area contributed by atoms with Crippen molar-refractivity contribution in [3.05, 3.63) is 66.0 Å². The minimum atomic E-state index is -0.608. The van der Waals surface area contributed by atoms with Crippen molar-refractivity contribution < 1.29 is 14.0 Å². The van der Waals surface area contributed by atoms with Gasteiger partial charge in [-0.25, -0.2) is 4.39 Å². The Morgan fingerprint density at radius 2 is 1.72 bits per heavy atom. The van der Waals surface area contributed by atoms with Crippen LogP contribution in [0.2, 0.25) is 0 Å². The second-order valence-corrected chi connectivity index (χ2v) is 8.22. The normalized spacial score (nSPS) is 12.8. The van der Waals surface area contributed by atoms with E-state index in [4.69, 9.17) is 0 Å². The van der Waals surface area contributed by atoms with Crippen molar-refractivity contribution in [1.29, 1.82) is 0 Å². The van der Waals surface area contributed by atoms with Crippen LogP contribution in [0.4, 0.5) is 4.39 Å². The largest absolute Gasteiger partial charge is 0.352 e. The number of carbonyl (C=O) groups is 2. The molecule has 1 N–H and O–H groups in total. The van der Waals surface area contributed by atoms with Gasteiger partial charge in [0.25, 0.3) is 0 Å². The average molecular weight is 417 g/mol. The van der Waals surface area contributed by atoms with Crippen LogP contribution in [0.15, 0.2) is 59.5 Å². The van der Waals surface area contributed by atoms with Gasteiger partial charge in [0.2, 0.25) is 11.8 Å². The van der Waals surface area contributed by atoms with E-state index in [1.54, 1.807) is 35.7 Å². The molecule has 2 aromatic carbocycles. The minimum absolute atomic E-state index is 0.0429. The Hall–Kier alpha value is -2.34. The van der Waals surface area contributed by atoms with Gasteiger partial charge in [-0.2, -0.15) is 0 Å². The third-order valence-corrected chi connectivity index (χ3v) is 5.78. The molecule has 0 aliphatic rings. The first-order valence-corrected chi connectivity index (χ1v) is 10.9. The monoisotopic (exact) mass is 416 g/mol. The number of nitrogens with one attached hydrogen (secondary N) is 1. The number of benzene rings is 2. The van der Waals surface area contributed by atoms with Gasteiger partial charge in [0, 0.05) is 29.7 Å². The molecule has 2 amide bonds. The molecule has 0 heterocycles. The first-order valence-electron chi connectivity index (χ1n) is 9.92. The highest BCUT2D eigenvalue weighted by Crippen LogP contribution is 2.19. The van der Waals surface area contributed by atoms with E-state index in [0.29, 0.717) is 12.2 Å². The fourth-order valence-electron chi connectivity index (χ4n) is 2.75. The third-order valence-electron chi connectivity index (χ3n) is 4.76. The van der Waals surface area contributed by atoms with E-state index >= 15 is 0 Å². The summed E-state index contributed by atoms with van der Waals surface area (Å²) < 4.78 is 13.2. The zero-order valence-corrected chi connectivity index (χ0v) is 18.0. The van der Waals surface area contributed by atoms with E-state index in [9.17, 15) is 14.0 Å². The molecule has 2 rings (SSSR count). The second-order valence-electron chi connectivity index (χ2n) is 7.05. The highest BCUT2D eigenvalue weighted by molar-refractivity contribution is 7.99. The molecule has 0 fully saturated rings. The van der Waals surface area contributed by atoms with Crippen molar-refractivity contribution in [2.75, 3.05) is 5.75 Å². The number of thioether (sulfide) groups is 1. The predicted molar refractivity (Wildman–Crippen MR) is 116 cm³/mol. The Kier molecular flexibility index (Phi) is 9.19. The van der Waals surface area contributed by atoms with Crippen LogP contribution in [0.5, 0.6) is 0 Å². The van der Waals surface area contributed by atoms with Crippen LogP contribution in [0.3, 0.4) is 0 Å². The molecule has 0 saturated carbocycles. The second kappa shape index (κ2) is 11.6. The molecule has 0 radical (unpaired) electrons. The molecule has 2 atom stereocenters. The van der Waals surface area contributed by atoms with Crippen LogP contribution in [0.25, 0.3) is 0 Å². The summed E-state index contributed by atoms with van der Waals surface area (Å²) in [6, 6.07) is 15.4.